The van der Waals surface area contributed by atoms with Crippen molar-refractivity contribution in [1.82, 2.24) is 9.97 Å². The van der Waals surface area contributed by atoms with Gasteiger partial charge in [0, 0.05) is 12.4 Å². The molecule has 0 aliphatic carbocycles. The van der Waals surface area contributed by atoms with Crippen LogP contribution in [-0.2, 0) is 0 Å². The third-order valence-electron chi connectivity index (χ3n) is 2.61. The molecule has 2 heteroatoms. The van der Waals surface area contributed by atoms with Gasteiger partial charge in [-0.25, -0.2) is 0 Å². The minimum absolute atomic E-state index is 0.587. The fourth-order valence-electron chi connectivity index (χ4n) is 1.57. The van der Waals surface area contributed by atoms with Crippen LogP contribution in [0.25, 0.3) is 11.0 Å². The van der Waals surface area contributed by atoms with Crippen molar-refractivity contribution in [2.45, 2.75) is 26.2 Å². The topological polar surface area (TPSA) is 28.7 Å². The van der Waals surface area contributed by atoms with E-state index < -0.39 is 0 Å². The minimum atomic E-state index is 0.587. The van der Waals surface area contributed by atoms with E-state index in [1.54, 1.807) is 0 Å². The maximum atomic E-state index is 4.38. The fraction of sp³-hybridized carbons (Fsp3) is 0.364. The summed E-state index contributed by atoms with van der Waals surface area (Å²) in [6.07, 6.45) is 5.08. The number of fused-ring (bicyclic) bond motifs is 1. The molecule has 2 rings (SSSR count). The summed E-state index contributed by atoms with van der Waals surface area (Å²) >= 11 is 0. The van der Waals surface area contributed by atoms with Gasteiger partial charge in [0.1, 0.15) is 0 Å². The molecule has 2 nitrogen and oxygen atoms in total. The molecule has 0 aliphatic heterocycles. The first-order valence-corrected chi connectivity index (χ1v) is 4.75. The highest BCUT2D eigenvalue weighted by molar-refractivity contribution is 5.79. The maximum absolute atomic E-state index is 4.38. The van der Waals surface area contributed by atoms with Crippen molar-refractivity contribution < 1.29 is 0 Å². The Labute approximate surface area is 78.0 Å². The van der Waals surface area contributed by atoms with Gasteiger partial charge in [-0.15, -0.1) is 0 Å². The molecule has 1 unspecified atom stereocenters. The van der Waals surface area contributed by atoms with Crippen LogP contribution in [0.3, 0.4) is 0 Å². The predicted molar refractivity (Wildman–Crippen MR) is 54.8 cm³/mol. The molecule has 0 spiro atoms. The van der Waals surface area contributed by atoms with Crippen molar-refractivity contribution in [2.24, 2.45) is 0 Å². The van der Waals surface area contributed by atoms with Crippen LogP contribution in [0, 0.1) is 0 Å². The van der Waals surface area contributed by atoms with Crippen LogP contribution in [0.1, 0.15) is 31.7 Å². The average molecular weight is 174 g/mol. The number of hydrogen-bond acceptors (Lipinski definition) is 1. The number of hydrogen-bond donors (Lipinski definition) is 1. The number of nitrogens with one attached hydrogen (secondary N) is 1. The van der Waals surface area contributed by atoms with Crippen molar-refractivity contribution in [3.05, 3.63) is 30.1 Å². The molecule has 0 amide bonds. The van der Waals surface area contributed by atoms with E-state index in [4.69, 9.17) is 0 Å². The lowest BCUT2D eigenvalue weighted by molar-refractivity contribution is 0.738. The summed E-state index contributed by atoms with van der Waals surface area (Å²) in [5, 5.41) is 0. The van der Waals surface area contributed by atoms with Gasteiger partial charge >= 0.3 is 0 Å². The van der Waals surface area contributed by atoms with Crippen LogP contribution >= 0.6 is 0 Å². The van der Waals surface area contributed by atoms with Crippen molar-refractivity contribution in [3.8, 4) is 0 Å². The first kappa shape index (κ1) is 8.30. The summed E-state index contributed by atoms with van der Waals surface area (Å²) < 4.78 is 0. The first-order chi connectivity index (χ1) is 6.33. The molecule has 0 radical (unpaired) electrons. The minimum Gasteiger partial charge on any atom is -0.360 e. The van der Waals surface area contributed by atoms with Crippen LogP contribution in [0.2, 0.25) is 0 Å². The Bertz CT molecular complexity index is 403. The normalized spacial score (nSPS) is 13.4. The quantitative estimate of drug-likeness (QED) is 0.744. The number of H-pyrrole nitrogens is 1. The average Bonchev–Trinajstić information content (AvgIpc) is 2.60. The van der Waals surface area contributed by atoms with Gasteiger partial charge in [0.2, 0.25) is 0 Å². The molecular formula is C11H14N2. The van der Waals surface area contributed by atoms with E-state index in [1.807, 2.05) is 12.3 Å². The first-order valence-electron chi connectivity index (χ1n) is 4.75. The van der Waals surface area contributed by atoms with Crippen molar-refractivity contribution in [3.63, 3.8) is 0 Å². The summed E-state index contributed by atoms with van der Waals surface area (Å²) in [6.45, 7) is 4.43. The molecule has 2 aromatic heterocycles. The van der Waals surface area contributed by atoms with Gasteiger partial charge < -0.3 is 4.98 Å². The number of aromatic amines is 1. The van der Waals surface area contributed by atoms with E-state index in [1.165, 1.54) is 5.56 Å². The van der Waals surface area contributed by atoms with Gasteiger partial charge in [-0.2, -0.15) is 0 Å². The van der Waals surface area contributed by atoms with Crippen LogP contribution in [-0.4, -0.2) is 9.97 Å². The highest BCUT2D eigenvalue weighted by atomic mass is 14.8. The van der Waals surface area contributed by atoms with Crippen LogP contribution in [0.5, 0.6) is 0 Å². The molecule has 0 bridgehead atoms. The Morgan fingerprint density at radius 2 is 2.38 bits per heavy atom. The highest BCUT2D eigenvalue weighted by Crippen LogP contribution is 2.25. The van der Waals surface area contributed by atoms with Crippen LogP contribution in [0.15, 0.2) is 24.5 Å². The number of aromatic nitrogens is 2. The molecule has 68 valence electrons. The Morgan fingerprint density at radius 1 is 1.54 bits per heavy atom. The molecule has 1 atom stereocenters. The molecular weight excluding hydrogens is 160 g/mol. The summed E-state index contributed by atoms with van der Waals surface area (Å²) in [4.78, 5) is 7.62. The molecule has 1 N–H and O–H groups in total. The van der Waals surface area contributed by atoms with Crippen LogP contribution < -0.4 is 0 Å². The van der Waals surface area contributed by atoms with Crippen molar-refractivity contribution >= 4 is 11.0 Å². The van der Waals surface area contributed by atoms with Crippen molar-refractivity contribution in [2.75, 3.05) is 0 Å². The van der Waals surface area contributed by atoms with E-state index in [0.29, 0.717) is 5.92 Å². The zero-order valence-electron chi connectivity index (χ0n) is 8.04. The SMILES string of the molecule is CCC(C)c1c[nH]c2cccnc12. The Kier molecular flexibility index (Phi) is 2.05. The maximum Gasteiger partial charge on any atom is 0.0913 e. The lowest BCUT2D eigenvalue weighted by atomic mass is 10.0. The molecule has 0 saturated carbocycles. The van der Waals surface area contributed by atoms with E-state index >= 15 is 0 Å². The fourth-order valence-corrected chi connectivity index (χ4v) is 1.57. The lowest BCUT2D eigenvalue weighted by Crippen LogP contribution is -1.89. The summed E-state index contributed by atoms with van der Waals surface area (Å²) in [7, 11) is 0. The molecule has 0 aromatic carbocycles. The number of nitrogens with zero attached hydrogens (tertiary/aromatic N) is 1. The third-order valence-corrected chi connectivity index (χ3v) is 2.61. The van der Waals surface area contributed by atoms with Gasteiger partial charge in [-0.05, 0) is 30.0 Å². The van der Waals surface area contributed by atoms with Crippen LogP contribution in [0.4, 0.5) is 0 Å². The van der Waals surface area contributed by atoms with Gasteiger partial charge in [0.15, 0.2) is 0 Å². The van der Waals surface area contributed by atoms with E-state index in [2.05, 4.69) is 36.1 Å². The second kappa shape index (κ2) is 3.21. The van der Waals surface area contributed by atoms with E-state index in [9.17, 15) is 0 Å². The monoisotopic (exact) mass is 174 g/mol. The molecule has 0 fully saturated rings. The van der Waals surface area contributed by atoms with Gasteiger partial charge in [0.05, 0.1) is 11.0 Å². The predicted octanol–water partition coefficient (Wildman–Crippen LogP) is 3.08. The summed E-state index contributed by atoms with van der Waals surface area (Å²) in [6, 6.07) is 4.02. The zero-order valence-corrected chi connectivity index (χ0v) is 8.04. The summed E-state index contributed by atoms with van der Waals surface area (Å²) in [5.41, 5.74) is 3.59. The Balaban J connectivity index is 2.57. The highest BCUT2D eigenvalue weighted by Gasteiger charge is 2.09. The molecule has 2 aromatic rings. The number of rotatable bonds is 2. The van der Waals surface area contributed by atoms with E-state index in [0.717, 1.165) is 17.5 Å². The Hall–Kier alpha value is -1.31. The molecule has 0 aliphatic rings. The second-order valence-corrected chi connectivity index (χ2v) is 3.45. The van der Waals surface area contributed by atoms with E-state index in [-0.39, 0.29) is 0 Å². The van der Waals surface area contributed by atoms with Gasteiger partial charge in [-0.1, -0.05) is 13.8 Å². The molecule has 2 heterocycles. The molecule has 0 saturated heterocycles. The lowest BCUT2D eigenvalue weighted by Gasteiger charge is -2.04. The second-order valence-electron chi connectivity index (χ2n) is 3.45. The van der Waals surface area contributed by atoms with Crippen molar-refractivity contribution in [1.29, 1.82) is 0 Å². The zero-order chi connectivity index (χ0) is 9.26. The van der Waals surface area contributed by atoms with Gasteiger partial charge in [0.25, 0.3) is 0 Å². The Morgan fingerprint density at radius 3 is 3.15 bits per heavy atom. The standard InChI is InChI=1S/C11H14N2/c1-3-8(2)9-7-13-10-5-4-6-12-11(9)10/h4-8,13H,3H2,1-2H3. The smallest absolute Gasteiger partial charge is 0.0913 e. The van der Waals surface area contributed by atoms with Gasteiger partial charge in [-0.3, -0.25) is 4.98 Å². The largest absolute Gasteiger partial charge is 0.360 e. The third kappa shape index (κ3) is 1.32. The molecule has 13 heavy (non-hydrogen) atoms. The number of pyridine rings is 1. The summed E-state index contributed by atoms with van der Waals surface area (Å²) in [5.74, 6) is 0.587.